The van der Waals surface area contributed by atoms with Crippen molar-refractivity contribution < 1.29 is 0 Å². The monoisotopic (exact) mass is 264 g/mol. The van der Waals surface area contributed by atoms with Crippen LogP contribution in [0, 0.1) is 0 Å². The van der Waals surface area contributed by atoms with Crippen molar-refractivity contribution >= 4 is 325 Å². The molecule has 11 heteroatoms. The molecule has 0 fully saturated rings. The Hall–Kier alpha value is 11.0. The fourth-order valence-electron chi connectivity index (χ4n) is 0. The number of rotatable bonds is 0. The number of hydrogen-bond acceptors (Lipinski definition) is 0. The van der Waals surface area contributed by atoms with Crippen LogP contribution in [0.5, 0.6) is 0 Å². The molecule has 0 heterocycles. The van der Waals surface area contributed by atoms with Crippen LogP contribution in [0.3, 0.4) is 0 Å². The standard InChI is InChI=1S/11Na.11H. The van der Waals surface area contributed by atoms with Gasteiger partial charge in [-0.25, -0.2) is 0 Å². The van der Waals surface area contributed by atoms with E-state index in [1.54, 1.807) is 0 Å². The molecule has 0 spiro atoms. The predicted octanol–water partition coefficient (Wildman–Crippen LogP) is -7.13. The first-order valence-corrected chi connectivity index (χ1v) is 0. The van der Waals surface area contributed by atoms with Gasteiger partial charge in [0, 0.05) is 0 Å². The van der Waals surface area contributed by atoms with E-state index in [2.05, 4.69) is 0 Å². The van der Waals surface area contributed by atoms with E-state index >= 15 is 0 Å². The minimum atomic E-state index is 0. The molecular weight excluding hydrogens is 253 g/mol. The summed E-state index contributed by atoms with van der Waals surface area (Å²) in [6.07, 6.45) is 0. The normalized spacial score (nSPS) is 0. The molecule has 0 aliphatic carbocycles. The summed E-state index contributed by atoms with van der Waals surface area (Å²) in [6.45, 7) is 0. The molecule has 0 radical (unpaired) electrons. The molecule has 0 rings (SSSR count). The third kappa shape index (κ3) is 62.7. The van der Waals surface area contributed by atoms with E-state index in [0.717, 1.165) is 0 Å². The van der Waals surface area contributed by atoms with Crippen molar-refractivity contribution in [3.63, 3.8) is 0 Å². The molecule has 0 unspecified atom stereocenters. The van der Waals surface area contributed by atoms with Gasteiger partial charge in [0.2, 0.25) is 0 Å². The molecule has 0 aromatic heterocycles. The molecular formula is H11Na11. The Morgan fingerprint density at radius 2 is 0.0909 bits per heavy atom. The average Bonchev–Trinajstić information content (AvgIpc) is 0. The molecule has 0 nitrogen and oxygen atoms in total. The van der Waals surface area contributed by atoms with E-state index in [1.165, 1.54) is 0 Å². The van der Waals surface area contributed by atoms with Gasteiger partial charge in [0.25, 0.3) is 0 Å². The van der Waals surface area contributed by atoms with Crippen molar-refractivity contribution in [1.29, 1.82) is 0 Å². The van der Waals surface area contributed by atoms with Crippen LogP contribution in [0.1, 0.15) is 0 Å². The second kappa shape index (κ2) is 69.4. The molecule has 0 bridgehead atoms. The zero-order valence-electron chi connectivity index (χ0n) is 0. The van der Waals surface area contributed by atoms with Crippen LogP contribution >= 0.6 is 0 Å². The average molecular weight is 264 g/mol. The Balaban J connectivity index is 0. The first kappa shape index (κ1) is 80.2. The molecule has 22 valence electrons. The van der Waals surface area contributed by atoms with Gasteiger partial charge in [0.05, 0.1) is 0 Å². The molecule has 0 aliphatic heterocycles. The predicted molar refractivity (Wildman–Crippen MR) is 78.6 cm³/mol. The second-order valence-corrected chi connectivity index (χ2v) is 0. The molecule has 11 heavy (non-hydrogen) atoms. The maximum absolute atomic E-state index is 0. The van der Waals surface area contributed by atoms with Crippen molar-refractivity contribution in [2.24, 2.45) is 0 Å². The van der Waals surface area contributed by atoms with E-state index in [4.69, 9.17) is 0 Å². The van der Waals surface area contributed by atoms with E-state index in [9.17, 15) is 0 Å². The van der Waals surface area contributed by atoms with Gasteiger partial charge >= 0.3 is 325 Å². The first-order chi connectivity index (χ1) is 0. The van der Waals surface area contributed by atoms with Crippen LogP contribution in [0.25, 0.3) is 0 Å². The summed E-state index contributed by atoms with van der Waals surface area (Å²) in [5.41, 5.74) is 0. The van der Waals surface area contributed by atoms with Crippen molar-refractivity contribution in [3.05, 3.63) is 0 Å². The Labute approximate surface area is 314 Å². The Morgan fingerprint density at radius 1 is 0.0909 bits per heavy atom. The third-order valence-electron chi connectivity index (χ3n) is 0. The summed E-state index contributed by atoms with van der Waals surface area (Å²) in [6, 6.07) is 0. The van der Waals surface area contributed by atoms with Crippen LogP contribution in [0.2, 0.25) is 0 Å². The van der Waals surface area contributed by atoms with Gasteiger partial charge in [-0.05, 0) is 0 Å². The molecule has 0 aromatic rings. The van der Waals surface area contributed by atoms with Gasteiger partial charge in [0.15, 0.2) is 0 Å². The third-order valence-corrected chi connectivity index (χ3v) is 0. The SMILES string of the molecule is [NaH].[NaH].[NaH].[NaH].[NaH].[NaH].[NaH].[NaH].[NaH].[NaH].[NaH]. The maximum atomic E-state index is 0. The summed E-state index contributed by atoms with van der Waals surface area (Å²) in [7, 11) is 0. The molecule has 0 N–H and O–H groups in total. The van der Waals surface area contributed by atoms with Gasteiger partial charge in [-0.15, -0.1) is 0 Å². The fourth-order valence-corrected chi connectivity index (χ4v) is 0. The molecule has 0 amide bonds. The number of hydrogen-bond donors (Lipinski definition) is 0. The summed E-state index contributed by atoms with van der Waals surface area (Å²) in [4.78, 5) is 0. The Kier molecular flexibility index (Phi) is 506. The van der Waals surface area contributed by atoms with Gasteiger partial charge < -0.3 is 0 Å². The van der Waals surface area contributed by atoms with E-state index < -0.39 is 0 Å². The molecule has 0 aromatic carbocycles. The minimum absolute atomic E-state index is 0. The first-order valence-electron chi connectivity index (χ1n) is 0. The van der Waals surface area contributed by atoms with Gasteiger partial charge in [0.1, 0.15) is 0 Å². The Bertz CT molecular complexity index is 0. The zero-order chi connectivity index (χ0) is 0. The van der Waals surface area contributed by atoms with Gasteiger partial charge in [-0.3, -0.25) is 0 Å². The van der Waals surface area contributed by atoms with Crippen molar-refractivity contribution in [1.82, 2.24) is 0 Å². The van der Waals surface area contributed by atoms with Crippen molar-refractivity contribution in [3.8, 4) is 0 Å². The van der Waals surface area contributed by atoms with Gasteiger partial charge in [-0.1, -0.05) is 0 Å². The van der Waals surface area contributed by atoms with E-state index in [0.29, 0.717) is 0 Å². The second-order valence-electron chi connectivity index (χ2n) is 0. The zero-order valence-corrected chi connectivity index (χ0v) is 0. The van der Waals surface area contributed by atoms with Crippen LogP contribution in [-0.2, 0) is 0 Å². The van der Waals surface area contributed by atoms with E-state index in [-0.39, 0.29) is 325 Å². The van der Waals surface area contributed by atoms with E-state index in [1.807, 2.05) is 0 Å². The summed E-state index contributed by atoms with van der Waals surface area (Å²) < 4.78 is 0. The molecule has 0 aliphatic rings. The van der Waals surface area contributed by atoms with Crippen LogP contribution in [0.15, 0.2) is 0 Å². The molecule has 0 saturated carbocycles. The summed E-state index contributed by atoms with van der Waals surface area (Å²) in [5, 5.41) is 0. The quantitative estimate of drug-likeness (QED) is 0.381. The Morgan fingerprint density at radius 3 is 0.0909 bits per heavy atom. The van der Waals surface area contributed by atoms with Crippen LogP contribution < -0.4 is 0 Å². The van der Waals surface area contributed by atoms with Gasteiger partial charge in [-0.2, -0.15) is 0 Å². The fraction of sp³-hybridized carbons (Fsp3) is 0. The van der Waals surface area contributed by atoms with Crippen molar-refractivity contribution in [2.45, 2.75) is 0 Å². The topological polar surface area (TPSA) is 0 Å². The summed E-state index contributed by atoms with van der Waals surface area (Å²) in [5.74, 6) is 0. The molecule has 0 saturated heterocycles. The van der Waals surface area contributed by atoms with Crippen LogP contribution in [-0.4, -0.2) is 325 Å². The molecule has 0 atom stereocenters. The van der Waals surface area contributed by atoms with Crippen molar-refractivity contribution in [2.75, 3.05) is 0 Å². The van der Waals surface area contributed by atoms with Crippen LogP contribution in [0.4, 0.5) is 0 Å². The summed E-state index contributed by atoms with van der Waals surface area (Å²) >= 11 is 0.